The summed E-state index contributed by atoms with van der Waals surface area (Å²) in [6, 6.07) is 18.3. The molecule has 0 amide bonds. The van der Waals surface area contributed by atoms with Crippen LogP contribution in [0.4, 0.5) is 5.69 Å². The predicted octanol–water partition coefficient (Wildman–Crippen LogP) is 3.59. The second-order valence-corrected chi connectivity index (χ2v) is 7.55. The second kappa shape index (κ2) is 8.93. The standard InChI is InChI=1S/C24H24N4O2/c1-18(29)15-19-7-8-22(21(16-19)17-25)27-10-12-28(13-11-27)23(24-26-9-14-30-24)20-5-3-2-4-6-20/h2-9,14,16,23H,10-13,15H2,1H3. The topological polar surface area (TPSA) is 73.4 Å². The van der Waals surface area contributed by atoms with Crippen LogP contribution in [0.2, 0.25) is 0 Å². The monoisotopic (exact) mass is 400 g/mol. The van der Waals surface area contributed by atoms with Gasteiger partial charge in [0.25, 0.3) is 0 Å². The van der Waals surface area contributed by atoms with Crippen molar-refractivity contribution in [1.29, 1.82) is 5.26 Å². The summed E-state index contributed by atoms with van der Waals surface area (Å²) in [5.41, 5.74) is 3.58. The van der Waals surface area contributed by atoms with Gasteiger partial charge in [0.1, 0.15) is 24.2 Å². The number of benzene rings is 2. The highest BCUT2D eigenvalue weighted by atomic mass is 16.3. The number of anilines is 1. The molecule has 0 N–H and O–H groups in total. The first-order chi connectivity index (χ1) is 14.7. The summed E-state index contributed by atoms with van der Waals surface area (Å²) in [6.07, 6.45) is 3.66. The Hall–Kier alpha value is -3.43. The molecule has 2 aromatic carbocycles. The second-order valence-electron chi connectivity index (χ2n) is 7.55. The van der Waals surface area contributed by atoms with Crippen molar-refractivity contribution in [2.75, 3.05) is 31.1 Å². The highest BCUT2D eigenvalue weighted by Gasteiger charge is 2.29. The van der Waals surface area contributed by atoms with Crippen LogP contribution in [-0.4, -0.2) is 41.8 Å². The number of oxazole rings is 1. The highest BCUT2D eigenvalue weighted by Crippen LogP contribution is 2.30. The Bertz CT molecular complexity index is 1030. The summed E-state index contributed by atoms with van der Waals surface area (Å²) in [5, 5.41) is 9.63. The average Bonchev–Trinajstić information content (AvgIpc) is 3.29. The van der Waals surface area contributed by atoms with Gasteiger partial charge < -0.3 is 9.32 Å². The van der Waals surface area contributed by atoms with E-state index in [-0.39, 0.29) is 11.8 Å². The molecule has 0 spiro atoms. The molecule has 1 atom stereocenters. The zero-order valence-electron chi connectivity index (χ0n) is 17.0. The fraction of sp³-hybridized carbons (Fsp3) is 0.292. The zero-order chi connectivity index (χ0) is 20.9. The van der Waals surface area contributed by atoms with E-state index in [9.17, 15) is 10.1 Å². The molecule has 0 radical (unpaired) electrons. The van der Waals surface area contributed by atoms with Crippen LogP contribution < -0.4 is 4.90 Å². The molecule has 1 aromatic heterocycles. The highest BCUT2D eigenvalue weighted by molar-refractivity contribution is 5.78. The quantitative estimate of drug-likeness (QED) is 0.630. The molecule has 4 rings (SSSR count). The van der Waals surface area contributed by atoms with Crippen LogP contribution in [0, 0.1) is 11.3 Å². The first-order valence-corrected chi connectivity index (χ1v) is 10.1. The minimum atomic E-state index is -0.0308. The van der Waals surface area contributed by atoms with Gasteiger partial charge in [-0.15, -0.1) is 0 Å². The molecule has 1 unspecified atom stereocenters. The van der Waals surface area contributed by atoms with Crippen molar-refractivity contribution < 1.29 is 9.21 Å². The molecular formula is C24H24N4O2. The molecule has 0 saturated carbocycles. The molecule has 1 saturated heterocycles. The Morgan fingerprint density at radius 2 is 1.93 bits per heavy atom. The molecule has 0 bridgehead atoms. The van der Waals surface area contributed by atoms with E-state index in [2.05, 4.69) is 33.0 Å². The average molecular weight is 400 g/mol. The van der Waals surface area contributed by atoms with E-state index in [0.717, 1.165) is 43.0 Å². The SMILES string of the molecule is CC(=O)Cc1ccc(N2CCN(C(c3ccccc3)c3ncco3)CC2)c(C#N)c1. The van der Waals surface area contributed by atoms with E-state index in [1.807, 2.05) is 36.4 Å². The van der Waals surface area contributed by atoms with E-state index >= 15 is 0 Å². The number of aromatic nitrogens is 1. The largest absolute Gasteiger partial charge is 0.447 e. The molecule has 152 valence electrons. The van der Waals surface area contributed by atoms with Gasteiger partial charge in [0.15, 0.2) is 0 Å². The van der Waals surface area contributed by atoms with Gasteiger partial charge in [0, 0.05) is 32.6 Å². The predicted molar refractivity (Wildman–Crippen MR) is 114 cm³/mol. The van der Waals surface area contributed by atoms with E-state index in [0.29, 0.717) is 17.9 Å². The van der Waals surface area contributed by atoms with Crippen LogP contribution in [0.3, 0.4) is 0 Å². The van der Waals surface area contributed by atoms with Gasteiger partial charge in [0.05, 0.1) is 17.4 Å². The van der Waals surface area contributed by atoms with Crippen molar-refractivity contribution in [3.63, 3.8) is 0 Å². The lowest BCUT2D eigenvalue weighted by atomic mass is 10.0. The van der Waals surface area contributed by atoms with Crippen LogP contribution >= 0.6 is 0 Å². The van der Waals surface area contributed by atoms with E-state index in [4.69, 9.17) is 4.42 Å². The molecule has 6 nitrogen and oxygen atoms in total. The number of carbonyl (C=O) groups excluding carboxylic acids is 1. The lowest BCUT2D eigenvalue weighted by Gasteiger charge is -2.39. The minimum Gasteiger partial charge on any atom is -0.447 e. The molecule has 1 aliphatic heterocycles. The van der Waals surface area contributed by atoms with Gasteiger partial charge in [-0.3, -0.25) is 9.69 Å². The number of rotatable bonds is 6. The fourth-order valence-corrected chi connectivity index (χ4v) is 4.08. The molecule has 2 heterocycles. The third-order valence-electron chi connectivity index (χ3n) is 5.46. The van der Waals surface area contributed by atoms with Crippen LogP contribution in [0.5, 0.6) is 0 Å². The number of hydrogen-bond acceptors (Lipinski definition) is 6. The third-order valence-corrected chi connectivity index (χ3v) is 5.46. The number of nitriles is 1. The Kier molecular flexibility index (Phi) is 5.92. The Balaban J connectivity index is 1.52. The summed E-state index contributed by atoms with van der Waals surface area (Å²) >= 11 is 0. The maximum Gasteiger partial charge on any atom is 0.215 e. The smallest absolute Gasteiger partial charge is 0.215 e. The van der Waals surface area contributed by atoms with Gasteiger partial charge in [-0.25, -0.2) is 4.98 Å². The van der Waals surface area contributed by atoms with Crippen LogP contribution in [0.1, 0.15) is 35.5 Å². The number of ketones is 1. The van der Waals surface area contributed by atoms with Crippen LogP contribution in [0.25, 0.3) is 0 Å². The Morgan fingerprint density at radius 3 is 2.57 bits per heavy atom. The van der Waals surface area contributed by atoms with Crippen LogP contribution in [0.15, 0.2) is 65.4 Å². The number of Topliss-reactive ketones (excluding diaryl/α,β-unsaturated/α-hetero) is 1. The maximum atomic E-state index is 11.4. The van der Waals surface area contributed by atoms with Crippen molar-refractivity contribution in [1.82, 2.24) is 9.88 Å². The summed E-state index contributed by atoms with van der Waals surface area (Å²) in [5.74, 6) is 0.791. The van der Waals surface area contributed by atoms with Gasteiger partial charge in [0.2, 0.25) is 5.89 Å². The Morgan fingerprint density at radius 1 is 1.17 bits per heavy atom. The number of carbonyl (C=O) groups is 1. The molecule has 6 heteroatoms. The molecule has 3 aromatic rings. The van der Waals surface area contributed by atoms with Crippen molar-refractivity contribution in [3.05, 3.63) is 83.6 Å². The summed E-state index contributed by atoms with van der Waals surface area (Å²) in [6.45, 7) is 4.80. The summed E-state index contributed by atoms with van der Waals surface area (Å²) in [7, 11) is 0. The van der Waals surface area contributed by atoms with Crippen LogP contribution in [-0.2, 0) is 11.2 Å². The van der Waals surface area contributed by atoms with Crippen molar-refractivity contribution >= 4 is 11.5 Å². The summed E-state index contributed by atoms with van der Waals surface area (Å²) < 4.78 is 5.66. The third kappa shape index (κ3) is 4.27. The molecule has 0 aliphatic carbocycles. The van der Waals surface area contributed by atoms with Gasteiger partial charge in [-0.1, -0.05) is 36.4 Å². The van der Waals surface area contributed by atoms with Crippen molar-refractivity contribution in [2.45, 2.75) is 19.4 Å². The molecule has 1 aliphatic rings. The fourth-order valence-electron chi connectivity index (χ4n) is 4.08. The van der Waals surface area contributed by atoms with Gasteiger partial charge in [-0.2, -0.15) is 5.26 Å². The first-order valence-electron chi connectivity index (χ1n) is 10.1. The van der Waals surface area contributed by atoms with E-state index in [1.54, 1.807) is 19.4 Å². The van der Waals surface area contributed by atoms with E-state index in [1.165, 1.54) is 0 Å². The lowest BCUT2D eigenvalue weighted by Crippen LogP contribution is -2.48. The lowest BCUT2D eigenvalue weighted by molar-refractivity contribution is -0.116. The number of nitrogens with zero attached hydrogens (tertiary/aromatic N) is 4. The number of hydrogen-bond donors (Lipinski definition) is 0. The van der Waals surface area contributed by atoms with Gasteiger partial charge >= 0.3 is 0 Å². The normalized spacial score (nSPS) is 15.5. The molecule has 30 heavy (non-hydrogen) atoms. The summed E-state index contributed by atoms with van der Waals surface area (Å²) in [4.78, 5) is 20.4. The number of piperazine rings is 1. The molecule has 1 fully saturated rings. The molecular weight excluding hydrogens is 376 g/mol. The Labute approximate surface area is 176 Å². The first kappa shape index (κ1) is 19.9. The van der Waals surface area contributed by atoms with E-state index < -0.39 is 0 Å². The zero-order valence-corrected chi connectivity index (χ0v) is 17.0. The van der Waals surface area contributed by atoms with Crippen molar-refractivity contribution in [2.24, 2.45) is 0 Å². The van der Waals surface area contributed by atoms with Crippen molar-refractivity contribution in [3.8, 4) is 6.07 Å². The maximum absolute atomic E-state index is 11.4. The van der Waals surface area contributed by atoms with Gasteiger partial charge in [-0.05, 0) is 30.2 Å². The minimum absolute atomic E-state index is 0.0308.